The number of benzene rings is 3. The Kier molecular flexibility index (Phi) is 7.94. The van der Waals surface area contributed by atoms with Crippen molar-refractivity contribution in [2.45, 2.75) is 27.7 Å². The van der Waals surface area contributed by atoms with Crippen molar-refractivity contribution in [3.05, 3.63) is 84.9 Å². The summed E-state index contributed by atoms with van der Waals surface area (Å²) in [5.41, 5.74) is 9.77. The van der Waals surface area contributed by atoms with Crippen molar-refractivity contribution in [1.29, 1.82) is 0 Å². The van der Waals surface area contributed by atoms with E-state index >= 15 is 0 Å². The Morgan fingerprint density at radius 2 is 0.844 bits per heavy atom. The molecule has 0 aliphatic heterocycles. The molecule has 0 atom stereocenters. The van der Waals surface area contributed by atoms with E-state index < -0.39 is 0 Å². The molecular weight excluding hydrogens is 388 g/mol. The van der Waals surface area contributed by atoms with Gasteiger partial charge in [-0.3, -0.25) is 0 Å². The van der Waals surface area contributed by atoms with Crippen LogP contribution in [0.15, 0.2) is 73.8 Å². The van der Waals surface area contributed by atoms with Crippen LogP contribution in [0.5, 0.6) is 0 Å². The van der Waals surface area contributed by atoms with Gasteiger partial charge in [0.1, 0.15) is 0 Å². The molecule has 0 aromatic heterocycles. The molecule has 0 saturated heterocycles. The van der Waals surface area contributed by atoms with E-state index in [1.165, 1.54) is 44.8 Å². The average molecular weight is 425 g/mol. The zero-order valence-electron chi connectivity index (χ0n) is 20.1. The maximum atomic E-state index is 4.00. The topological polar surface area (TPSA) is 6.48 Å². The average Bonchev–Trinajstić information content (AvgIpc) is 2.85. The predicted octanol–water partition coefficient (Wildman–Crippen LogP) is 8.00. The highest BCUT2D eigenvalue weighted by Crippen LogP contribution is 2.32. The highest BCUT2D eigenvalue weighted by atomic mass is 15.1. The molecule has 0 amide bonds. The van der Waals surface area contributed by atoms with Crippen LogP contribution in [-0.4, -0.2) is 26.2 Å². The molecule has 0 saturated carbocycles. The van der Waals surface area contributed by atoms with Gasteiger partial charge in [0.25, 0.3) is 0 Å². The normalized spacial score (nSPS) is 10.6. The Morgan fingerprint density at radius 3 is 1.12 bits per heavy atom. The van der Waals surface area contributed by atoms with Crippen LogP contribution in [0.4, 0.5) is 11.4 Å². The molecule has 2 heteroatoms. The molecule has 0 bridgehead atoms. The molecule has 0 unspecified atom stereocenters. The van der Waals surface area contributed by atoms with Gasteiger partial charge in [0.15, 0.2) is 0 Å². The summed E-state index contributed by atoms with van der Waals surface area (Å²) in [6, 6.07) is 22.2. The molecule has 166 valence electrons. The SMILES string of the molecule is C=Cc1ccc(-c2ccc(-c3ccc(C=C)c(N(CC)CC)c3)cc2)cc1N(CC)CC. The third kappa shape index (κ3) is 4.80. The van der Waals surface area contributed by atoms with Crippen LogP contribution in [0, 0.1) is 0 Å². The molecule has 0 fully saturated rings. The van der Waals surface area contributed by atoms with E-state index in [-0.39, 0.29) is 0 Å². The number of nitrogens with zero attached hydrogens (tertiary/aromatic N) is 2. The van der Waals surface area contributed by atoms with Gasteiger partial charge in [0, 0.05) is 37.6 Å². The van der Waals surface area contributed by atoms with Crippen molar-refractivity contribution in [2.24, 2.45) is 0 Å². The van der Waals surface area contributed by atoms with E-state index in [4.69, 9.17) is 0 Å². The number of rotatable bonds is 10. The van der Waals surface area contributed by atoms with Crippen molar-refractivity contribution < 1.29 is 0 Å². The van der Waals surface area contributed by atoms with Gasteiger partial charge >= 0.3 is 0 Å². The van der Waals surface area contributed by atoms with Gasteiger partial charge in [-0.2, -0.15) is 0 Å². The summed E-state index contributed by atoms with van der Waals surface area (Å²) in [7, 11) is 0. The van der Waals surface area contributed by atoms with Gasteiger partial charge < -0.3 is 9.80 Å². The molecule has 0 heterocycles. The molecule has 0 N–H and O–H groups in total. The fraction of sp³-hybridized carbons (Fsp3) is 0.267. The molecule has 0 spiro atoms. The van der Waals surface area contributed by atoms with E-state index in [1.54, 1.807) is 0 Å². The molecule has 3 rings (SSSR count). The Labute approximate surface area is 194 Å². The van der Waals surface area contributed by atoms with E-state index in [0.717, 1.165) is 26.2 Å². The van der Waals surface area contributed by atoms with Crippen molar-refractivity contribution in [3.63, 3.8) is 0 Å². The first-order valence-corrected chi connectivity index (χ1v) is 11.7. The number of hydrogen-bond donors (Lipinski definition) is 0. The van der Waals surface area contributed by atoms with Crippen molar-refractivity contribution in [3.8, 4) is 22.3 Å². The monoisotopic (exact) mass is 424 g/mol. The van der Waals surface area contributed by atoms with Crippen molar-refractivity contribution in [1.82, 2.24) is 0 Å². The molecule has 32 heavy (non-hydrogen) atoms. The van der Waals surface area contributed by atoms with E-state index in [9.17, 15) is 0 Å². The molecule has 3 aromatic rings. The molecule has 0 radical (unpaired) electrons. The van der Waals surface area contributed by atoms with Crippen LogP contribution >= 0.6 is 0 Å². The second kappa shape index (κ2) is 10.9. The van der Waals surface area contributed by atoms with Gasteiger partial charge in [-0.1, -0.05) is 73.8 Å². The van der Waals surface area contributed by atoms with Gasteiger partial charge in [0.2, 0.25) is 0 Å². The molecule has 3 aromatic carbocycles. The third-order valence-electron chi connectivity index (χ3n) is 6.26. The van der Waals surface area contributed by atoms with Gasteiger partial charge in [-0.25, -0.2) is 0 Å². The smallest absolute Gasteiger partial charge is 0.0445 e. The Hall–Kier alpha value is -3.26. The number of anilines is 2. The quantitative estimate of drug-likeness (QED) is 0.325. The van der Waals surface area contributed by atoms with Gasteiger partial charge in [-0.05, 0) is 73.2 Å². The lowest BCUT2D eigenvalue weighted by Crippen LogP contribution is -2.22. The lowest BCUT2D eigenvalue weighted by atomic mass is 9.97. The summed E-state index contributed by atoms with van der Waals surface area (Å²) in [6.45, 7) is 20.7. The zero-order chi connectivity index (χ0) is 23.1. The minimum atomic E-state index is 0.981. The summed E-state index contributed by atoms with van der Waals surface area (Å²) >= 11 is 0. The summed E-state index contributed by atoms with van der Waals surface area (Å²) < 4.78 is 0. The molecule has 0 aliphatic carbocycles. The maximum absolute atomic E-state index is 4.00. The Bertz CT molecular complexity index is 968. The standard InChI is InChI=1S/C30H36N2/c1-7-23-13-19-27(21-29(23)31(9-3)10-4)25-15-17-26(18-16-25)28-20-14-24(8-2)30(22-28)32(11-5)12-6/h7-8,13-22H,1-2,9-12H2,3-6H3. The molecular formula is C30H36N2. The minimum absolute atomic E-state index is 0.981. The molecule has 2 nitrogen and oxygen atoms in total. The van der Waals surface area contributed by atoms with Crippen molar-refractivity contribution >= 4 is 23.5 Å². The predicted molar refractivity (Wildman–Crippen MR) is 145 cm³/mol. The lowest BCUT2D eigenvalue weighted by molar-refractivity contribution is 0.865. The maximum Gasteiger partial charge on any atom is 0.0445 e. The molecule has 0 aliphatic rings. The number of hydrogen-bond acceptors (Lipinski definition) is 2. The summed E-state index contributed by atoms with van der Waals surface area (Å²) in [5.74, 6) is 0. The Balaban J connectivity index is 1.97. The zero-order valence-corrected chi connectivity index (χ0v) is 20.1. The highest BCUT2D eigenvalue weighted by molar-refractivity contribution is 5.79. The van der Waals surface area contributed by atoms with E-state index in [0.29, 0.717) is 0 Å². The summed E-state index contributed by atoms with van der Waals surface area (Å²) in [6.07, 6.45) is 3.89. The summed E-state index contributed by atoms with van der Waals surface area (Å²) in [5, 5.41) is 0. The highest BCUT2D eigenvalue weighted by Gasteiger charge is 2.11. The first-order chi connectivity index (χ1) is 15.6. The second-order valence-electron chi connectivity index (χ2n) is 7.88. The first kappa shape index (κ1) is 23.4. The minimum Gasteiger partial charge on any atom is -0.372 e. The van der Waals surface area contributed by atoms with Crippen LogP contribution in [0.25, 0.3) is 34.4 Å². The van der Waals surface area contributed by atoms with Crippen LogP contribution < -0.4 is 9.80 Å². The Morgan fingerprint density at radius 1 is 0.531 bits per heavy atom. The van der Waals surface area contributed by atoms with Crippen LogP contribution in [0.2, 0.25) is 0 Å². The second-order valence-corrected chi connectivity index (χ2v) is 7.88. The van der Waals surface area contributed by atoms with E-state index in [1.807, 2.05) is 12.2 Å². The lowest BCUT2D eigenvalue weighted by Gasteiger charge is -2.24. The van der Waals surface area contributed by atoms with Gasteiger partial charge in [0.05, 0.1) is 0 Å². The first-order valence-electron chi connectivity index (χ1n) is 11.7. The fourth-order valence-corrected chi connectivity index (χ4v) is 4.32. The van der Waals surface area contributed by atoms with Crippen LogP contribution in [0.3, 0.4) is 0 Å². The van der Waals surface area contributed by atoms with Gasteiger partial charge in [-0.15, -0.1) is 0 Å². The fourth-order valence-electron chi connectivity index (χ4n) is 4.32. The summed E-state index contributed by atoms with van der Waals surface area (Å²) in [4.78, 5) is 4.76. The van der Waals surface area contributed by atoms with E-state index in [2.05, 4.69) is 111 Å². The van der Waals surface area contributed by atoms with Crippen LogP contribution in [-0.2, 0) is 0 Å². The van der Waals surface area contributed by atoms with Crippen molar-refractivity contribution in [2.75, 3.05) is 36.0 Å². The largest absolute Gasteiger partial charge is 0.372 e. The van der Waals surface area contributed by atoms with Crippen LogP contribution in [0.1, 0.15) is 38.8 Å². The third-order valence-corrected chi connectivity index (χ3v) is 6.26.